The van der Waals surface area contributed by atoms with Crippen LogP contribution in [0.25, 0.3) is 0 Å². The molecule has 2 amide bonds. The van der Waals surface area contributed by atoms with Crippen molar-refractivity contribution >= 4 is 27.6 Å². The molecule has 0 aliphatic carbocycles. The average molecular weight is 359 g/mol. The van der Waals surface area contributed by atoms with E-state index in [2.05, 4.69) is 40.3 Å². The molecule has 0 saturated carbocycles. The summed E-state index contributed by atoms with van der Waals surface area (Å²) in [6, 6.07) is 16.2. The van der Waals surface area contributed by atoms with Gasteiger partial charge in [-0.05, 0) is 55.2 Å². The summed E-state index contributed by atoms with van der Waals surface area (Å²) in [5, 5.41) is 3.00. The van der Waals surface area contributed by atoms with Gasteiger partial charge in [-0.1, -0.05) is 40.2 Å². The molecule has 3 rings (SSSR count). The molecule has 2 aromatic carbocycles. The molecule has 4 heteroatoms. The molecule has 1 aliphatic rings. The van der Waals surface area contributed by atoms with E-state index in [-0.39, 0.29) is 12.1 Å². The van der Waals surface area contributed by atoms with Crippen LogP contribution in [-0.4, -0.2) is 17.5 Å². The largest absolute Gasteiger partial charge is 0.322 e. The Balaban J connectivity index is 1.76. The number of urea groups is 1. The van der Waals surface area contributed by atoms with E-state index in [4.69, 9.17) is 0 Å². The number of anilines is 1. The molecule has 114 valence electrons. The van der Waals surface area contributed by atoms with Crippen molar-refractivity contribution in [2.45, 2.75) is 25.8 Å². The van der Waals surface area contributed by atoms with Crippen LogP contribution in [-0.2, 0) is 0 Å². The number of rotatable bonds is 2. The Morgan fingerprint density at radius 1 is 1.18 bits per heavy atom. The lowest BCUT2D eigenvalue weighted by atomic mass is 9.99. The first-order chi connectivity index (χ1) is 10.6. The van der Waals surface area contributed by atoms with Crippen molar-refractivity contribution < 1.29 is 4.79 Å². The Bertz CT molecular complexity index is 669. The Hall–Kier alpha value is -1.81. The zero-order chi connectivity index (χ0) is 15.5. The highest BCUT2D eigenvalue weighted by Gasteiger charge is 2.30. The minimum absolute atomic E-state index is 0.0203. The van der Waals surface area contributed by atoms with Gasteiger partial charge in [0.1, 0.15) is 0 Å². The molecule has 1 N–H and O–H groups in total. The van der Waals surface area contributed by atoms with Gasteiger partial charge in [0.15, 0.2) is 0 Å². The number of carbonyl (C=O) groups excluding carboxylic acids is 1. The maximum absolute atomic E-state index is 12.6. The fourth-order valence-corrected chi connectivity index (χ4v) is 3.29. The first-order valence-corrected chi connectivity index (χ1v) is 8.33. The van der Waals surface area contributed by atoms with Gasteiger partial charge in [-0.3, -0.25) is 0 Å². The molecule has 1 fully saturated rings. The van der Waals surface area contributed by atoms with E-state index in [1.807, 2.05) is 41.3 Å². The van der Waals surface area contributed by atoms with Gasteiger partial charge >= 0.3 is 6.03 Å². The molecule has 3 nitrogen and oxygen atoms in total. The van der Waals surface area contributed by atoms with E-state index in [0.717, 1.165) is 29.5 Å². The van der Waals surface area contributed by atoms with E-state index in [1.165, 1.54) is 11.1 Å². The van der Waals surface area contributed by atoms with Crippen molar-refractivity contribution in [2.75, 3.05) is 11.9 Å². The van der Waals surface area contributed by atoms with Gasteiger partial charge < -0.3 is 10.2 Å². The topological polar surface area (TPSA) is 32.3 Å². The molecular formula is C18H19BrN2O. The maximum atomic E-state index is 12.6. The normalized spacial score (nSPS) is 17.5. The molecule has 0 radical (unpaired) electrons. The Morgan fingerprint density at radius 3 is 2.64 bits per heavy atom. The van der Waals surface area contributed by atoms with Crippen molar-refractivity contribution in [3.05, 3.63) is 64.1 Å². The lowest BCUT2D eigenvalue weighted by molar-refractivity contribution is 0.207. The molecule has 0 spiro atoms. The summed E-state index contributed by atoms with van der Waals surface area (Å²) in [5.74, 6) is 0. The number of halogens is 1. The summed E-state index contributed by atoms with van der Waals surface area (Å²) in [5.41, 5.74) is 3.32. The molecule has 0 aromatic heterocycles. The fraction of sp³-hybridized carbons (Fsp3) is 0.278. The van der Waals surface area contributed by atoms with Crippen LogP contribution in [0.2, 0.25) is 0 Å². The second-order valence-electron chi connectivity index (χ2n) is 5.65. The average Bonchev–Trinajstić information content (AvgIpc) is 2.99. The summed E-state index contributed by atoms with van der Waals surface area (Å²) in [6.45, 7) is 2.92. The molecule has 1 unspecified atom stereocenters. The van der Waals surface area contributed by atoms with Crippen molar-refractivity contribution in [1.29, 1.82) is 0 Å². The van der Waals surface area contributed by atoms with E-state index in [0.29, 0.717) is 0 Å². The van der Waals surface area contributed by atoms with Gasteiger partial charge in [0.25, 0.3) is 0 Å². The van der Waals surface area contributed by atoms with Crippen molar-refractivity contribution in [3.8, 4) is 0 Å². The van der Waals surface area contributed by atoms with Gasteiger partial charge in [-0.15, -0.1) is 0 Å². The zero-order valence-corrected chi connectivity index (χ0v) is 14.1. The fourth-order valence-electron chi connectivity index (χ4n) is 3.02. The monoisotopic (exact) mass is 358 g/mol. The van der Waals surface area contributed by atoms with Gasteiger partial charge in [0, 0.05) is 16.7 Å². The lowest BCUT2D eigenvalue weighted by Gasteiger charge is -2.26. The molecule has 2 aromatic rings. The van der Waals surface area contributed by atoms with Gasteiger partial charge in [-0.2, -0.15) is 0 Å². The van der Waals surface area contributed by atoms with Crippen LogP contribution in [0.1, 0.15) is 30.0 Å². The summed E-state index contributed by atoms with van der Waals surface area (Å²) >= 11 is 3.40. The van der Waals surface area contributed by atoms with Gasteiger partial charge in [-0.25, -0.2) is 4.79 Å². The first-order valence-electron chi connectivity index (χ1n) is 7.54. The second kappa shape index (κ2) is 6.53. The highest BCUT2D eigenvalue weighted by Crippen LogP contribution is 2.34. The third kappa shape index (κ3) is 3.17. The molecule has 1 atom stereocenters. The standard InChI is InChI=1S/C18H19BrN2O/c1-13-5-2-3-6-16(13)17-7-4-12-21(17)18(22)20-15-10-8-14(19)9-11-15/h2-3,5-6,8-11,17H,4,7,12H2,1H3,(H,20,22). The van der Waals surface area contributed by atoms with Crippen molar-refractivity contribution in [1.82, 2.24) is 4.90 Å². The molecule has 22 heavy (non-hydrogen) atoms. The van der Waals surface area contributed by atoms with Crippen LogP contribution < -0.4 is 5.32 Å². The van der Waals surface area contributed by atoms with Crippen molar-refractivity contribution in [2.24, 2.45) is 0 Å². The highest BCUT2D eigenvalue weighted by molar-refractivity contribution is 9.10. The smallest absolute Gasteiger partial charge is 0.317 e. The quantitative estimate of drug-likeness (QED) is 0.792. The lowest BCUT2D eigenvalue weighted by Crippen LogP contribution is -2.34. The Morgan fingerprint density at radius 2 is 1.91 bits per heavy atom. The minimum Gasteiger partial charge on any atom is -0.317 e. The highest BCUT2D eigenvalue weighted by atomic mass is 79.9. The number of amides is 2. The number of benzene rings is 2. The Kier molecular flexibility index (Phi) is 4.48. The third-order valence-corrected chi connectivity index (χ3v) is 4.69. The minimum atomic E-state index is -0.0203. The van der Waals surface area contributed by atoms with Crippen LogP contribution in [0.15, 0.2) is 53.0 Å². The number of likely N-dealkylation sites (tertiary alicyclic amines) is 1. The van der Waals surface area contributed by atoms with Crippen LogP contribution >= 0.6 is 15.9 Å². The van der Waals surface area contributed by atoms with E-state index >= 15 is 0 Å². The summed E-state index contributed by atoms with van der Waals surface area (Å²) in [6.07, 6.45) is 2.07. The second-order valence-corrected chi connectivity index (χ2v) is 6.56. The van der Waals surface area contributed by atoms with E-state index in [9.17, 15) is 4.79 Å². The molecule has 1 heterocycles. The molecule has 1 aliphatic heterocycles. The first kappa shape index (κ1) is 15.1. The summed E-state index contributed by atoms with van der Waals surface area (Å²) in [7, 11) is 0. The maximum Gasteiger partial charge on any atom is 0.322 e. The van der Waals surface area contributed by atoms with Gasteiger partial charge in [0.05, 0.1) is 6.04 Å². The van der Waals surface area contributed by atoms with Crippen molar-refractivity contribution in [3.63, 3.8) is 0 Å². The number of hydrogen-bond acceptors (Lipinski definition) is 1. The number of nitrogens with zero attached hydrogens (tertiary/aromatic N) is 1. The molecule has 0 bridgehead atoms. The molecular weight excluding hydrogens is 340 g/mol. The van der Waals surface area contributed by atoms with Crippen LogP contribution in [0, 0.1) is 6.92 Å². The molecule has 1 saturated heterocycles. The van der Waals surface area contributed by atoms with Crippen LogP contribution in [0.4, 0.5) is 10.5 Å². The predicted octanol–water partition coefficient (Wildman–Crippen LogP) is 5.13. The van der Waals surface area contributed by atoms with E-state index in [1.54, 1.807) is 0 Å². The third-order valence-electron chi connectivity index (χ3n) is 4.16. The SMILES string of the molecule is Cc1ccccc1C1CCCN1C(=O)Nc1ccc(Br)cc1. The van der Waals surface area contributed by atoms with Crippen LogP contribution in [0.5, 0.6) is 0 Å². The number of hydrogen-bond donors (Lipinski definition) is 1. The number of carbonyl (C=O) groups is 1. The van der Waals surface area contributed by atoms with Crippen LogP contribution in [0.3, 0.4) is 0 Å². The number of nitrogens with one attached hydrogen (secondary N) is 1. The number of aryl methyl sites for hydroxylation is 1. The zero-order valence-electron chi connectivity index (χ0n) is 12.6. The predicted molar refractivity (Wildman–Crippen MR) is 93.0 cm³/mol. The van der Waals surface area contributed by atoms with E-state index < -0.39 is 0 Å². The summed E-state index contributed by atoms with van der Waals surface area (Å²) in [4.78, 5) is 14.5. The summed E-state index contributed by atoms with van der Waals surface area (Å²) < 4.78 is 1.00. The Labute approximate surface area is 139 Å². The van der Waals surface area contributed by atoms with Gasteiger partial charge in [0.2, 0.25) is 0 Å².